The number of anilines is 1. The molecule has 0 heterocycles. The van der Waals surface area contributed by atoms with Crippen molar-refractivity contribution in [1.82, 2.24) is 5.32 Å². The second-order valence-corrected chi connectivity index (χ2v) is 8.15. The molecule has 0 aromatic heterocycles. The van der Waals surface area contributed by atoms with Crippen molar-refractivity contribution < 1.29 is 24.2 Å². The molecule has 4 rings (SSSR count). The first kappa shape index (κ1) is 23.6. The van der Waals surface area contributed by atoms with E-state index < -0.39 is 24.0 Å². The minimum atomic E-state index is -1.05. The van der Waals surface area contributed by atoms with Gasteiger partial charge in [-0.25, -0.2) is 4.79 Å². The van der Waals surface area contributed by atoms with Gasteiger partial charge in [0.1, 0.15) is 12.6 Å². The summed E-state index contributed by atoms with van der Waals surface area (Å²) in [7, 11) is 0. The number of alkyl carbamates (subject to hydrolysis) is 1. The Kier molecular flexibility index (Phi) is 7.12. The van der Waals surface area contributed by atoms with Gasteiger partial charge in [-0.1, -0.05) is 66.7 Å². The zero-order chi connectivity index (χ0) is 24.8. The lowest BCUT2D eigenvalue weighted by atomic mass is 9.98. The predicted molar refractivity (Wildman–Crippen MR) is 132 cm³/mol. The molecule has 176 valence electrons. The predicted octanol–water partition coefficient (Wildman–Crippen LogP) is 4.18. The molecule has 1 aliphatic rings. The number of rotatable bonds is 8. The molecular formula is C28H24N2O5. The molecule has 0 fully saturated rings. The van der Waals surface area contributed by atoms with Crippen molar-refractivity contribution >= 4 is 23.7 Å². The van der Waals surface area contributed by atoms with Crippen molar-refractivity contribution in [2.45, 2.75) is 24.8 Å². The van der Waals surface area contributed by atoms with Gasteiger partial charge in [0.05, 0.1) is 6.42 Å². The Morgan fingerprint density at radius 3 is 2.17 bits per heavy atom. The molecule has 3 aromatic rings. The number of para-hydroxylation sites is 1. The number of amides is 2. The van der Waals surface area contributed by atoms with E-state index in [4.69, 9.17) is 16.3 Å². The molecule has 7 heteroatoms. The molecule has 35 heavy (non-hydrogen) atoms. The van der Waals surface area contributed by atoms with Gasteiger partial charge in [0.15, 0.2) is 0 Å². The van der Waals surface area contributed by atoms with Crippen molar-refractivity contribution in [2.75, 3.05) is 11.9 Å². The zero-order valence-electron chi connectivity index (χ0n) is 18.9. The van der Waals surface area contributed by atoms with Crippen LogP contribution in [-0.2, 0) is 20.7 Å². The SMILES string of the molecule is C#CCC(NC(=O)OCC1c2ccccc2-c2ccccc21)C(=O)Nc1ccccc1CC(=O)O. The third-order valence-corrected chi connectivity index (χ3v) is 5.89. The molecule has 1 aliphatic carbocycles. The first-order valence-electron chi connectivity index (χ1n) is 11.1. The molecule has 0 spiro atoms. The average molecular weight is 469 g/mol. The Labute approximate surface area is 203 Å². The maximum Gasteiger partial charge on any atom is 0.407 e. The van der Waals surface area contributed by atoms with E-state index in [2.05, 4.69) is 16.6 Å². The minimum absolute atomic E-state index is 0.0584. The monoisotopic (exact) mass is 468 g/mol. The normalized spacial score (nSPS) is 12.5. The Balaban J connectivity index is 1.42. The molecule has 7 nitrogen and oxygen atoms in total. The standard InChI is InChI=1S/C28H24N2O5/c1-2-9-25(27(33)29-24-15-8-3-10-18(24)16-26(31)32)30-28(34)35-17-23-21-13-6-4-11-19(21)20-12-5-7-14-22(20)23/h1,3-8,10-15,23,25H,9,16-17H2,(H,29,33)(H,30,34)(H,31,32). The number of carboxylic acid groups (broad SMARTS) is 1. The van der Waals surface area contributed by atoms with Crippen molar-refractivity contribution in [3.63, 3.8) is 0 Å². The second-order valence-electron chi connectivity index (χ2n) is 8.15. The number of hydrogen-bond acceptors (Lipinski definition) is 4. The Morgan fingerprint density at radius 1 is 0.943 bits per heavy atom. The number of carbonyl (C=O) groups is 3. The number of carbonyl (C=O) groups excluding carboxylic acids is 2. The van der Waals surface area contributed by atoms with Crippen LogP contribution >= 0.6 is 0 Å². The van der Waals surface area contributed by atoms with Gasteiger partial charge >= 0.3 is 12.1 Å². The fourth-order valence-electron chi connectivity index (χ4n) is 4.29. The first-order valence-corrected chi connectivity index (χ1v) is 11.1. The van der Waals surface area contributed by atoms with Crippen molar-refractivity contribution in [3.05, 3.63) is 89.5 Å². The largest absolute Gasteiger partial charge is 0.481 e. The smallest absolute Gasteiger partial charge is 0.407 e. The number of nitrogens with one attached hydrogen (secondary N) is 2. The fraction of sp³-hybridized carbons (Fsp3) is 0.179. The van der Waals surface area contributed by atoms with Crippen LogP contribution in [0.25, 0.3) is 11.1 Å². The van der Waals surface area contributed by atoms with Gasteiger partial charge in [0, 0.05) is 18.0 Å². The van der Waals surface area contributed by atoms with Crippen LogP contribution in [0.3, 0.4) is 0 Å². The van der Waals surface area contributed by atoms with E-state index in [-0.39, 0.29) is 25.4 Å². The molecule has 3 N–H and O–H groups in total. The average Bonchev–Trinajstić information content (AvgIpc) is 3.17. The van der Waals surface area contributed by atoms with Gasteiger partial charge in [0.2, 0.25) is 5.91 Å². The highest BCUT2D eigenvalue weighted by Crippen LogP contribution is 2.44. The van der Waals surface area contributed by atoms with Crippen LogP contribution in [0.1, 0.15) is 29.0 Å². The Morgan fingerprint density at radius 2 is 1.54 bits per heavy atom. The highest BCUT2D eigenvalue weighted by Gasteiger charge is 2.29. The molecule has 1 unspecified atom stereocenters. The molecule has 3 aromatic carbocycles. The van der Waals surface area contributed by atoms with E-state index in [1.165, 1.54) is 0 Å². The Hall–Kier alpha value is -4.57. The number of hydrogen-bond donors (Lipinski definition) is 3. The van der Waals surface area contributed by atoms with Crippen LogP contribution in [0.5, 0.6) is 0 Å². The Bertz CT molecular complexity index is 1260. The number of benzene rings is 3. The van der Waals surface area contributed by atoms with E-state index in [9.17, 15) is 14.4 Å². The summed E-state index contributed by atoms with van der Waals surface area (Å²) in [6.07, 6.45) is 4.34. The maximum absolute atomic E-state index is 12.8. The van der Waals surface area contributed by atoms with Crippen LogP contribution < -0.4 is 10.6 Å². The summed E-state index contributed by atoms with van der Waals surface area (Å²) >= 11 is 0. The van der Waals surface area contributed by atoms with Crippen LogP contribution in [0.15, 0.2) is 72.8 Å². The lowest BCUT2D eigenvalue weighted by molar-refractivity contribution is -0.136. The maximum atomic E-state index is 12.8. The summed E-state index contributed by atoms with van der Waals surface area (Å²) in [6, 6.07) is 21.5. The number of carboxylic acids is 1. The molecular weight excluding hydrogens is 444 g/mol. The molecule has 2 amide bonds. The van der Waals surface area contributed by atoms with E-state index in [0.717, 1.165) is 22.3 Å². The summed E-state index contributed by atoms with van der Waals surface area (Å²) in [5.41, 5.74) is 5.16. The summed E-state index contributed by atoms with van der Waals surface area (Å²) < 4.78 is 5.52. The van der Waals surface area contributed by atoms with E-state index in [1.807, 2.05) is 48.5 Å². The number of ether oxygens (including phenoxy) is 1. The number of fused-ring (bicyclic) bond motifs is 3. The van der Waals surface area contributed by atoms with Crippen LogP contribution in [-0.4, -0.2) is 35.7 Å². The lowest BCUT2D eigenvalue weighted by Crippen LogP contribution is -2.44. The van der Waals surface area contributed by atoms with Gasteiger partial charge in [-0.15, -0.1) is 12.3 Å². The molecule has 0 bridgehead atoms. The molecule has 0 aliphatic heterocycles. The molecule has 0 saturated heterocycles. The minimum Gasteiger partial charge on any atom is -0.481 e. The van der Waals surface area contributed by atoms with E-state index in [1.54, 1.807) is 24.3 Å². The quantitative estimate of drug-likeness (QED) is 0.430. The molecule has 1 atom stereocenters. The third kappa shape index (κ3) is 5.33. The third-order valence-electron chi connectivity index (χ3n) is 5.89. The number of terminal acetylenes is 1. The summed E-state index contributed by atoms with van der Waals surface area (Å²) in [6.45, 7) is 0.103. The first-order chi connectivity index (χ1) is 17.0. The molecule has 0 radical (unpaired) electrons. The zero-order valence-corrected chi connectivity index (χ0v) is 18.9. The summed E-state index contributed by atoms with van der Waals surface area (Å²) in [4.78, 5) is 36.6. The van der Waals surface area contributed by atoms with Gasteiger partial charge in [0.25, 0.3) is 0 Å². The summed E-state index contributed by atoms with van der Waals surface area (Å²) in [5, 5.41) is 14.3. The van der Waals surface area contributed by atoms with E-state index in [0.29, 0.717) is 11.3 Å². The highest BCUT2D eigenvalue weighted by molar-refractivity contribution is 5.97. The van der Waals surface area contributed by atoms with Gasteiger partial charge < -0.3 is 20.5 Å². The van der Waals surface area contributed by atoms with Gasteiger partial charge in [-0.05, 0) is 33.9 Å². The van der Waals surface area contributed by atoms with Crippen molar-refractivity contribution in [3.8, 4) is 23.5 Å². The van der Waals surface area contributed by atoms with Gasteiger partial charge in [-0.2, -0.15) is 0 Å². The van der Waals surface area contributed by atoms with Crippen molar-refractivity contribution in [2.24, 2.45) is 0 Å². The topological polar surface area (TPSA) is 105 Å². The summed E-state index contributed by atoms with van der Waals surface area (Å²) in [5.74, 6) is 0.685. The second kappa shape index (κ2) is 10.6. The van der Waals surface area contributed by atoms with Crippen LogP contribution in [0.4, 0.5) is 10.5 Å². The number of aliphatic carboxylic acids is 1. The molecule has 0 saturated carbocycles. The van der Waals surface area contributed by atoms with Crippen molar-refractivity contribution in [1.29, 1.82) is 0 Å². The van der Waals surface area contributed by atoms with Crippen LogP contribution in [0, 0.1) is 12.3 Å². The van der Waals surface area contributed by atoms with Gasteiger partial charge in [-0.3, -0.25) is 9.59 Å². The highest BCUT2D eigenvalue weighted by atomic mass is 16.5. The fourth-order valence-corrected chi connectivity index (χ4v) is 4.29. The van der Waals surface area contributed by atoms with Crippen LogP contribution in [0.2, 0.25) is 0 Å². The lowest BCUT2D eigenvalue weighted by Gasteiger charge is -2.19. The van der Waals surface area contributed by atoms with E-state index >= 15 is 0 Å².